The van der Waals surface area contributed by atoms with Crippen LogP contribution in [0.25, 0.3) is 0 Å². The van der Waals surface area contributed by atoms with Crippen molar-refractivity contribution in [3.63, 3.8) is 0 Å². The van der Waals surface area contributed by atoms with Gasteiger partial charge in [-0.05, 0) is 47.5 Å². The molecule has 0 unspecified atom stereocenters. The van der Waals surface area contributed by atoms with Crippen LogP contribution in [0.1, 0.15) is 33.4 Å². The molecule has 2 heterocycles. The lowest BCUT2D eigenvalue weighted by atomic mass is 9.79. The van der Waals surface area contributed by atoms with Gasteiger partial charge in [0.05, 0.1) is 26.2 Å². The third kappa shape index (κ3) is 4.60. The Balaban J connectivity index is 1.48. The third-order valence-corrected chi connectivity index (χ3v) is 7.59. The molecule has 0 bridgehead atoms. The number of fused-ring (bicyclic) bond motifs is 1. The van der Waals surface area contributed by atoms with Crippen LogP contribution >= 0.6 is 11.6 Å². The van der Waals surface area contributed by atoms with Gasteiger partial charge in [0, 0.05) is 49.5 Å². The minimum atomic E-state index is -0.547. The largest absolute Gasteiger partial charge is 0.493 e. The number of methoxy groups -OCH3 is 2. The molecule has 0 aliphatic carbocycles. The van der Waals surface area contributed by atoms with Crippen LogP contribution in [-0.4, -0.2) is 69.1 Å². The highest BCUT2D eigenvalue weighted by atomic mass is 35.5. The second kappa shape index (κ2) is 10.3. The van der Waals surface area contributed by atoms with E-state index >= 15 is 0 Å². The molecule has 3 aromatic rings. The molecule has 2 aliphatic rings. The highest BCUT2D eigenvalue weighted by Crippen LogP contribution is 2.44. The second-order valence-corrected chi connectivity index (χ2v) is 9.77. The summed E-state index contributed by atoms with van der Waals surface area (Å²) in [5, 5.41) is 0.695. The van der Waals surface area contributed by atoms with E-state index in [0.29, 0.717) is 48.3 Å². The van der Waals surface area contributed by atoms with Crippen LogP contribution < -0.4 is 14.4 Å². The second-order valence-electron chi connectivity index (χ2n) is 9.33. The number of carbonyl (C=O) groups excluding carboxylic acids is 2. The standard InChI is InChI=1S/C29H30ClN3O4/c1-31-27(19-11-12-24(36-2)25(17-19)37-3)26(22-9-4-5-10-23(22)28(31)34)29(35)33-15-13-32(14-16-33)21-8-6-7-20(30)18-21/h4-12,17-18,26-27H,13-16H2,1-3H3/t26-,27-/m1/s1. The number of carbonyl (C=O) groups is 2. The number of amides is 2. The number of hydrogen-bond donors (Lipinski definition) is 0. The number of ether oxygens (including phenoxy) is 2. The van der Waals surface area contributed by atoms with Gasteiger partial charge in [0.1, 0.15) is 0 Å². The number of piperazine rings is 1. The van der Waals surface area contributed by atoms with Crippen LogP contribution in [-0.2, 0) is 4.79 Å². The molecule has 0 radical (unpaired) electrons. The third-order valence-electron chi connectivity index (χ3n) is 7.36. The topological polar surface area (TPSA) is 62.3 Å². The van der Waals surface area contributed by atoms with Crippen molar-refractivity contribution in [1.29, 1.82) is 0 Å². The van der Waals surface area contributed by atoms with Gasteiger partial charge in [0.25, 0.3) is 5.91 Å². The zero-order valence-corrected chi connectivity index (χ0v) is 21.9. The number of nitrogens with zero attached hydrogens (tertiary/aromatic N) is 3. The van der Waals surface area contributed by atoms with Crippen molar-refractivity contribution in [1.82, 2.24) is 9.80 Å². The fourth-order valence-corrected chi connectivity index (χ4v) is 5.63. The summed E-state index contributed by atoms with van der Waals surface area (Å²) in [7, 11) is 4.92. The molecule has 8 heteroatoms. The van der Waals surface area contributed by atoms with E-state index in [1.807, 2.05) is 65.6 Å². The summed E-state index contributed by atoms with van der Waals surface area (Å²) in [4.78, 5) is 33.4. The molecule has 7 nitrogen and oxygen atoms in total. The summed E-state index contributed by atoms with van der Waals surface area (Å²) < 4.78 is 10.9. The van der Waals surface area contributed by atoms with Gasteiger partial charge in [-0.3, -0.25) is 9.59 Å². The van der Waals surface area contributed by atoms with Gasteiger partial charge in [-0.25, -0.2) is 0 Å². The number of anilines is 1. The minimum absolute atomic E-state index is 0.0114. The first kappa shape index (κ1) is 25.0. The van der Waals surface area contributed by atoms with Crippen molar-refractivity contribution in [2.45, 2.75) is 12.0 Å². The van der Waals surface area contributed by atoms with Crippen molar-refractivity contribution in [3.05, 3.63) is 88.4 Å². The van der Waals surface area contributed by atoms with Crippen molar-refractivity contribution >= 4 is 29.1 Å². The average molecular weight is 520 g/mol. The van der Waals surface area contributed by atoms with Gasteiger partial charge in [0.2, 0.25) is 5.91 Å². The van der Waals surface area contributed by atoms with E-state index in [-0.39, 0.29) is 11.8 Å². The van der Waals surface area contributed by atoms with Gasteiger partial charge in [-0.15, -0.1) is 0 Å². The molecular weight excluding hydrogens is 490 g/mol. The normalized spacial score (nSPS) is 19.5. The Bertz CT molecular complexity index is 1320. The highest BCUT2D eigenvalue weighted by Gasteiger charge is 2.44. The molecule has 0 saturated carbocycles. The van der Waals surface area contributed by atoms with Crippen LogP contribution in [0.15, 0.2) is 66.7 Å². The Morgan fingerprint density at radius 2 is 1.62 bits per heavy atom. The van der Waals surface area contributed by atoms with Crippen LogP contribution in [0, 0.1) is 0 Å². The summed E-state index contributed by atoms with van der Waals surface area (Å²) in [5.74, 6) is 0.509. The summed E-state index contributed by atoms with van der Waals surface area (Å²) in [5.41, 5.74) is 3.19. The van der Waals surface area contributed by atoms with Crippen LogP contribution in [0.4, 0.5) is 5.69 Å². The Kier molecular flexibility index (Phi) is 6.98. The van der Waals surface area contributed by atoms with Gasteiger partial charge < -0.3 is 24.2 Å². The molecule has 0 spiro atoms. The number of benzene rings is 3. The molecule has 1 saturated heterocycles. The molecular formula is C29H30ClN3O4. The molecule has 2 atom stereocenters. The predicted octanol–water partition coefficient (Wildman–Crippen LogP) is 4.62. The predicted molar refractivity (Wildman–Crippen MR) is 144 cm³/mol. The van der Waals surface area contributed by atoms with E-state index in [0.717, 1.165) is 16.8 Å². The highest BCUT2D eigenvalue weighted by molar-refractivity contribution is 6.30. The number of halogens is 1. The molecule has 2 aliphatic heterocycles. The van der Waals surface area contributed by atoms with E-state index in [1.54, 1.807) is 32.2 Å². The molecule has 2 amide bonds. The lowest BCUT2D eigenvalue weighted by molar-refractivity contribution is -0.134. The quantitative estimate of drug-likeness (QED) is 0.492. The first-order valence-corrected chi connectivity index (χ1v) is 12.7. The Morgan fingerprint density at radius 3 is 2.32 bits per heavy atom. The van der Waals surface area contributed by atoms with Crippen LogP contribution in [0.3, 0.4) is 0 Å². The van der Waals surface area contributed by atoms with E-state index < -0.39 is 12.0 Å². The molecule has 37 heavy (non-hydrogen) atoms. The van der Waals surface area contributed by atoms with Gasteiger partial charge in [-0.2, -0.15) is 0 Å². The summed E-state index contributed by atoms with van der Waals surface area (Å²) in [6, 6.07) is 20.3. The van der Waals surface area contributed by atoms with Gasteiger partial charge in [0.15, 0.2) is 11.5 Å². The maximum Gasteiger partial charge on any atom is 0.254 e. The van der Waals surface area contributed by atoms with Crippen molar-refractivity contribution in [2.75, 3.05) is 52.3 Å². The Hall–Kier alpha value is -3.71. The molecule has 5 rings (SSSR count). The van der Waals surface area contributed by atoms with Crippen molar-refractivity contribution in [3.8, 4) is 11.5 Å². The van der Waals surface area contributed by atoms with Crippen LogP contribution in [0.5, 0.6) is 11.5 Å². The summed E-state index contributed by atoms with van der Waals surface area (Å²) in [6.07, 6.45) is 0. The monoisotopic (exact) mass is 519 g/mol. The smallest absolute Gasteiger partial charge is 0.254 e. The zero-order chi connectivity index (χ0) is 26.1. The summed E-state index contributed by atoms with van der Waals surface area (Å²) >= 11 is 6.19. The fourth-order valence-electron chi connectivity index (χ4n) is 5.45. The van der Waals surface area contributed by atoms with E-state index in [9.17, 15) is 9.59 Å². The zero-order valence-electron chi connectivity index (χ0n) is 21.2. The molecule has 0 N–H and O–H groups in total. The SMILES string of the molecule is COc1ccc([C@@H]2[C@H](C(=O)N3CCN(c4cccc(Cl)c4)CC3)c3ccccc3C(=O)N2C)cc1OC. The van der Waals surface area contributed by atoms with E-state index in [2.05, 4.69) is 4.90 Å². The maximum absolute atomic E-state index is 14.2. The van der Waals surface area contributed by atoms with Gasteiger partial charge >= 0.3 is 0 Å². The summed E-state index contributed by atoms with van der Waals surface area (Å²) in [6.45, 7) is 2.58. The molecule has 192 valence electrons. The van der Waals surface area contributed by atoms with Crippen molar-refractivity contribution in [2.24, 2.45) is 0 Å². The number of likely N-dealkylation sites (N-methyl/N-ethyl adjacent to an activating group) is 1. The fraction of sp³-hybridized carbons (Fsp3) is 0.310. The van der Waals surface area contributed by atoms with Crippen molar-refractivity contribution < 1.29 is 19.1 Å². The Labute approximate surface area is 222 Å². The van der Waals surface area contributed by atoms with E-state index in [4.69, 9.17) is 21.1 Å². The van der Waals surface area contributed by atoms with Crippen LogP contribution in [0.2, 0.25) is 5.02 Å². The number of rotatable bonds is 5. The average Bonchev–Trinajstić information content (AvgIpc) is 2.94. The molecule has 0 aromatic heterocycles. The minimum Gasteiger partial charge on any atom is -0.493 e. The first-order chi connectivity index (χ1) is 17.9. The first-order valence-electron chi connectivity index (χ1n) is 12.3. The number of hydrogen-bond acceptors (Lipinski definition) is 5. The van der Waals surface area contributed by atoms with Gasteiger partial charge in [-0.1, -0.05) is 41.9 Å². The maximum atomic E-state index is 14.2. The molecule has 3 aromatic carbocycles. The lowest BCUT2D eigenvalue weighted by Crippen LogP contribution is -2.53. The molecule has 1 fully saturated rings. The lowest BCUT2D eigenvalue weighted by Gasteiger charge is -2.43. The Morgan fingerprint density at radius 1 is 0.892 bits per heavy atom. The van der Waals surface area contributed by atoms with E-state index in [1.165, 1.54) is 0 Å².